The van der Waals surface area contributed by atoms with E-state index in [0.717, 1.165) is 0 Å². The minimum atomic E-state index is -0.655. The second-order valence-electron chi connectivity index (χ2n) is 1.35. The molecule has 0 aromatic rings. The highest BCUT2D eigenvalue weighted by Crippen LogP contribution is 1.85. The third kappa shape index (κ3) is 4.41. The van der Waals surface area contributed by atoms with Crippen LogP contribution in [0.15, 0.2) is 0 Å². The third-order valence-electron chi connectivity index (χ3n) is 0.730. The van der Waals surface area contributed by atoms with Gasteiger partial charge in [-0.2, -0.15) is 0 Å². The maximum atomic E-state index is 8.27. The molecule has 0 amide bonds. The first-order valence-corrected chi connectivity index (χ1v) is 2.63. The molecule has 0 aromatic heterocycles. The Hall–Kier alpha value is -0.0951. The van der Waals surface area contributed by atoms with Gasteiger partial charge in [-0.15, -0.1) is 0 Å². The van der Waals surface area contributed by atoms with Crippen molar-refractivity contribution in [2.75, 3.05) is 27.4 Å². The highest BCUT2D eigenvalue weighted by Gasteiger charge is 2.15. The minimum Gasteiger partial charge on any atom is -0.394 e. The Balaban J connectivity index is 3.09. The number of hydrogen-bond acceptors (Lipinski definition) is 4. The van der Waals surface area contributed by atoms with E-state index in [9.17, 15) is 0 Å². The van der Waals surface area contributed by atoms with E-state index in [1.807, 2.05) is 0 Å². The van der Waals surface area contributed by atoms with Gasteiger partial charge in [-0.25, -0.2) is 0 Å². The van der Waals surface area contributed by atoms with Crippen molar-refractivity contribution in [2.24, 2.45) is 0 Å². The highest BCUT2D eigenvalue weighted by atomic mass is 16.7. The fourth-order valence-corrected chi connectivity index (χ4v) is 0.381. The summed E-state index contributed by atoms with van der Waals surface area (Å²) in [7, 11) is 2.27. The van der Waals surface area contributed by atoms with Crippen molar-refractivity contribution in [1.82, 2.24) is 0 Å². The van der Waals surface area contributed by atoms with Gasteiger partial charge in [0.1, 0.15) is 0 Å². The van der Waals surface area contributed by atoms with Gasteiger partial charge in [0.2, 0.25) is 0 Å². The van der Waals surface area contributed by atoms with Crippen LogP contribution in [0.5, 0.6) is 0 Å². The van der Waals surface area contributed by atoms with Crippen molar-refractivity contribution >= 4 is 7.32 Å². The van der Waals surface area contributed by atoms with Crippen molar-refractivity contribution in [2.45, 2.75) is 0 Å². The molecule has 0 heterocycles. The molecular formula is C4H11BO4. The van der Waals surface area contributed by atoms with Crippen LogP contribution in [0, 0.1) is 0 Å². The Bertz CT molecular complexity index is 56.5. The molecule has 0 radical (unpaired) electrons. The van der Waals surface area contributed by atoms with Crippen molar-refractivity contribution < 1.29 is 19.1 Å². The van der Waals surface area contributed by atoms with E-state index in [0.29, 0.717) is 0 Å². The van der Waals surface area contributed by atoms with Crippen LogP contribution in [-0.4, -0.2) is 39.9 Å². The van der Waals surface area contributed by atoms with Gasteiger partial charge in [0.15, 0.2) is 0 Å². The Morgan fingerprint density at radius 1 is 1.33 bits per heavy atom. The van der Waals surface area contributed by atoms with Crippen molar-refractivity contribution in [1.29, 1.82) is 0 Å². The first-order valence-electron chi connectivity index (χ1n) is 2.63. The van der Waals surface area contributed by atoms with E-state index in [1.54, 1.807) is 0 Å². The molecule has 0 spiro atoms. The quantitative estimate of drug-likeness (QED) is 0.503. The monoisotopic (exact) mass is 134 g/mol. The summed E-state index contributed by atoms with van der Waals surface area (Å²) in [4.78, 5) is 0. The Morgan fingerprint density at radius 2 is 1.89 bits per heavy atom. The van der Waals surface area contributed by atoms with Gasteiger partial charge < -0.3 is 19.1 Å². The van der Waals surface area contributed by atoms with E-state index in [2.05, 4.69) is 9.31 Å². The van der Waals surface area contributed by atoms with E-state index < -0.39 is 7.32 Å². The average Bonchev–Trinajstić information content (AvgIpc) is 1.91. The van der Waals surface area contributed by atoms with Crippen LogP contribution in [-0.2, 0) is 14.0 Å². The first kappa shape index (κ1) is 8.90. The Labute approximate surface area is 54.9 Å². The molecule has 0 bridgehead atoms. The maximum absolute atomic E-state index is 8.27. The minimum absolute atomic E-state index is 0.0246. The van der Waals surface area contributed by atoms with Gasteiger partial charge >= 0.3 is 7.32 Å². The third-order valence-corrected chi connectivity index (χ3v) is 0.730. The second kappa shape index (κ2) is 6.03. The lowest BCUT2D eigenvalue weighted by Gasteiger charge is -2.06. The maximum Gasteiger partial charge on any atom is 0.639 e. The second-order valence-corrected chi connectivity index (χ2v) is 1.35. The molecule has 0 aliphatic rings. The predicted molar refractivity (Wildman–Crippen MR) is 32.8 cm³/mol. The lowest BCUT2D eigenvalue weighted by atomic mass is 10.2. The first-order chi connectivity index (χ1) is 4.35. The summed E-state index contributed by atoms with van der Waals surface area (Å²) in [5.41, 5.74) is 0. The van der Waals surface area contributed by atoms with Crippen LogP contribution in [0.2, 0.25) is 0 Å². The molecule has 0 rings (SSSR count). The largest absolute Gasteiger partial charge is 0.639 e. The van der Waals surface area contributed by atoms with Crippen LogP contribution >= 0.6 is 0 Å². The summed E-state index contributed by atoms with van der Waals surface area (Å²) in [6, 6.07) is 0. The molecule has 0 fully saturated rings. The summed E-state index contributed by atoms with van der Waals surface area (Å²) in [6.45, 7) is 0.204. The van der Waals surface area contributed by atoms with Gasteiger partial charge in [-0.1, -0.05) is 0 Å². The standard InChI is InChI=1S/C4H11BO4/c1-7-5(8-2)9-4-3-6/h6H,3-4H2,1-2H3. The molecular weight excluding hydrogens is 123 g/mol. The van der Waals surface area contributed by atoms with Gasteiger partial charge in [0.25, 0.3) is 0 Å². The van der Waals surface area contributed by atoms with E-state index in [-0.39, 0.29) is 13.2 Å². The molecule has 0 saturated carbocycles. The Kier molecular flexibility index (Phi) is 5.97. The molecule has 0 aliphatic heterocycles. The zero-order chi connectivity index (χ0) is 7.11. The number of aliphatic hydroxyl groups excluding tert-OH is 1. The van der Waals surface area contributed by atoms with Gasteiger partial charge in [0.05, 0.1) is 13.2 Å². The number of rotatable bonds is 5. The molecule has 9 heavy (non-hydrogen) atoms. The van der Waals surface area contributed by atoms with Crippen LogP contribution in [0.1, 0.15) is 0 Å². The molecule has 54 valence electrons. The van der Waals surface area contributed by atoms with E-state index >= 15 is 0 Å². The van der Waals surface area contributed by atoms with E-state index in [1.165, 1.54) is 14.2 Å². The molecule has 1 N–H and O–H groups in total. The van der Waals surface area contributed by atoms with Gasteiger partial charge in [-0.05, 0) is 0 Å². The molecule has 0 unspecified atom stereocenters. The summed E-state index contributed by atoms with van der Waals surface area (Å²) in [5, 5.41) is 8.27. The molecule has 0 aromatic carbocycles. The van der Waals surface area contributed by atoms with Crippen LogP contribution in [0.25, 0.3) is 0 Å². The molecule has 0 aliphatic carbocycles. The zero-order valence-corrected chi connectivity index (χ0v) is 5.66. The van der Waals surface area contributed by atoms with Crippen molar-refractivity contribution in [3.05, 3.63) is 0 Å². The zero-order valence-electron chi connectivity index (χ0n) is 5.66. The highest BCUT2D eigenvalue weighted by molar-refractivity contribution is 6.36. The van der Waals surface area contributed by atoms with Gasteiger partial charge in [-0.3, -0.25) is 0 Å². The van der Waals surface area contributed by atoms with Crippen molar-refractivity contribution in [3.8, 4) is 0 Å². The normalized spacial score (nSPS) is 9.67. The molecule has 5 heteroatoms. The molecule has 0 atom stereocenters. The topological polar surface area (TPSA) is 47.9 Å². The fraction of sp³-hybridized carbons (Fsp3) is 1.00. The number of hydrogen-bond donors (Lipinski definition) is 1. The summed E-state index contributed by atoms with van der Waals surface area (Å²) >= 11 is 0. The summed E-state index contributed by atoms with van der Waals surface area (Å²) in [6.07, 6.45) is 0. The average molecular weight is 134 g/mol. The van der Waals surface area contributed by atoms with E-state index in [4.69, 9.17) is 9.76 Å². The van der Waals surface area contributed by atoms with Crippen LogP contribution < -0.4 is 0 Å². The molecule has 4 nitrogen and oxygen atoms in total. The van der Waals surface area contributed by atoms with Crippen LogP contribution in [0.4, 0.5) is 0 Å². The molecule has 0 saturated heterocycles. The van der Waals surface area contributed by atoms with Crippen LogP contribution in [0.3, 0.4) is 0 Å². The predicted octanol–water partition coefficient (Wildman–Crippen LogP) is -0.727. The van der Waals surface area contributed by atoms with Gasteiger partial charge in [0, 0.05) is 14.2 Å². The summed E-state index contributed by atoms with van der Waals surface area (Å²) in [5.74, 6) is 0. The van der Waals surface area contributed by atoms with Crippen molar-refractivity contribution in [3.63, 3.8) is 0 Å². The lowest BCUT2D eigenvalue weighted by Crippen LogP contribution is -2.25. The smallest absolute Gasteiger partial charge is 0.394 e. The Morgan fingerprint density at radius 3 is 2.22 bits per heavy atom. The number of aliphatic hydroxyl groups is 1. The fourth-order valence-electron chi connectivity index (χ4n) is 0.381. The summed E-state index contributed by atoms with van der Waals surface area (Å²) < 4.78 is 14.1. The SMILES string of the molecule is COB(OC)OCCO. The lowest BCUT2D eigenvalue weighted by molar-refractivity contribution is 0.109.